The normalized spacial score (nSPS) is 11.9. The Morgan fingerprint density at radius 2 is 1.94 bits per heavy atom. The van der Waals surface area contributed by atoms with Crippen molar-refractivity contribution < 1.29 is 13.2 Å². The third-order valence-corrected chi connectivity index (χ3v) is 2.89. The van der Waals surface area contributed by atoms with E-state index in [1.807, 2.05) is 20.8 Å². The Morgan fingerprint density at radius 1 is 1.35 bits per heavy atom. The topological polar surface area (TPSA) is 12.9 Å². The van der Waals surface area contributed by atoms with Gasteiger partial charge in [-0.25, -0.2) is 4.98 Å². The number of hydrogen-bond acceptors (Lipinski definition) is 2. The summed E-state index contributed by atoms with van der Waals surface area (Å²) < 4.78 is 37.7. The molecule has 0 aliphatic carbocycles. The van der Waals surface area contributed by atoms with Gasteiger partial charge in [-0.2, -0.15) is 13.2 Å². The molecule has 0 unspecified atom stereocenters. The lowest BCUT2D eigenvalue weighted by atomic mass is 9.99. The van der Waals surface area contributed by atoms with E-state index in [1.54, 1.807) is 0 Å². The molecule has 0 radical (unpaired) electrons. The third-order valence-electron chi connectivity index (χ3n) is 2.38. The first-order valence-electron chi connectivity index (χ1n) is 5.38. The van der Waals surface area contributed by atoms with Gasteiger partial charge in [-0.05, 0) is 24.5 Å². The summed E-state index contributed by atoms with van der Waals surface area (Å²) in [4.78, 5) is 4.35. The SMILES string of the molecule is CCC(=S)c1ccc(C(F)(F)F)nc1C(C)C. The minimum Gasteiger partial charge on any atom is -0.247 e. The standard InChI is InChI=1S/C12H14F3NS/c1-4-9(17)8-5-6-10(12(13,14)15)16-11(8)7(2)3/h5-7H,4H2,1-3H3. The Bertz CT molecular complexity index is 424. The predicted molar refractivity (Wildman–Crippen MR) is 65.3 cm³/mol. The second-order valence-electron chi connectivity index (χ2n) is 4.06. The van der Waals surface area contributed by atoms with E-state index in [-0.39, 0.29) is 5.92 Å². The van der Waals surface area contributed by atoms with Gasteiger partial charge in [0.2, 0.25) is 0 Å². The molecule has 17 heavy (non-hydrogen) atoms. The molecule has 0 aliphatic rings. The Labute approximate surface area is 104 Å². The highest BCUT2D eigenvalue weighted by Gasteiger charge is 2.33. The maximum Gasteiger partial charge on any atom is 0.433 e. The number of nitrogens with zero attached hydrogens (tertiary/aromatic N) is 1. The van der Waals surface area contributed by atoms with Gasteiger partial charge in [0.05, 0.1) is 5.69 Å². The molecule has 1 aromatic heterocycles. The van der Waals surface area contributed by atoms with Gasteiger partial charge in [0.1, 0.15) is 5.69 Å². The second-order valence-corrected chi connectivity index (χ2v) is 4.55. The lowest BCUT2D eigenvalue weighted by Gasteiger charge is -2.15. The van der Waals surface area contributed by atoms with E-state index in [0.29, 0.717) is 22.5 Å². The summed E-state index contributed by atoms with van der Waals surface area (Å²) in [6.45, 7) is 5.50. The number of pyridine rings is 1. The van der Waals surface area contributed by atoms with E-state index >= 15 is 0 Å². The fourth-order valence-electron chi connectivity index (χ4n) is 1.50. The zero-order chi connectivity index (χ0) is 13.2. The quantitative estimate of drug-likeness (QED) is 0.592. The van der Waals surface area contributed by atoms with E-state index in [0.717, 1.165) is 6.07 Å². The molecule has 0 fully saturated rings. The van der Waals surface area contributed by atoms with Crippen LogP contribution < -0.4 is 0 Å². The molecule has 5 heteroatoms. The second kappa shape index (κ2) is 5.12. The predicted octanol–water partition coefficient (Wildman–Crippen LogP) is 4.35. The first-order valence-corrected chi connectivity index (χ1v) is 5.79. The van der Waals surface area contributed by atoms with Crippen LogP contribution in [0, 0.1) is 0 Å². The Morgan fingerprint density at radius 3 is 2.35 bits per heavy atom. The van der Waals surface area contributed by atoms with E-state index in [2.05, 4.69) is 4.98 Å². The number of alkyl halides is 3. The number of halogens is 3. The summed E-state index contributed by atoms with van der Waals surface area (Å²) in [5, 5.41) is 0. The molecule has 0 N–H and O–H groups in total. The van der Waals surface area contributed by atoms with Crippen molar-refractivity contribution in [2.75, 3.05) is 0 Å². The molecule has 0 bridgehead atoms. The van der Waals surface area contributed by atoms with Crippen LogP contribution in [0.4, 0.5) is 13.2 Å². The van der Waals surface area contributed by atoms with E-state index in [9.17, 15) is 13.2 Å². The van der Waals surface area contributed by atoms with Gasteiger partial charge in [-0.3, -0.25) is 0 Å². The van der Waals surface area contributed by atoms with Crippen molar-refractivity contribution in [3.05, 3.63) is 29.1 Å². The molecule has 1 rings (SSSR count). The van der Waals surface area contributed by atoms with E-state index in [4.69, 9.17) is 12.2 Å². The maximum absolute atomic E-state index is 12.6. The van der Waals surface area contributed by atoms with Gasteiger partial charge in [0, 0.05) is 10.4 Å². The average Bonchev–Trinajstić information content (AvgIpc) is 2.25. The van der Waals surface area contributed by atoms with Crippen LogP contribution >= 0.6 is 12.2 Å². The monoisotopic (exact) mass is 261 g/mol. The highest BCUT2D eigenvalue weighted by molar-refractivity contribution is 7.80. The molecule has 1 heterocycles. The highest BCUT2D eigenvalue weighted by Crippen LogP contribution is 2.30. The lowest BCUT2D eigenvalue weighted by molar-refractivity contribution is -0.141. The smallest absolute Gasteiger partial charge is 0.247 e. The zero-order valence-electron chi connectivity index (χ0n) is 9.93. The molecule has 0 aromatic carbocycles. The summed E-state index contributed by atoms with van der Waals surface area (Å²) in [5.74, 6) is -0.0863. The molecule has 1 nitrogen and oxygen atoms in total. The molecular formula is C12H14F3NS. The summed E-state index contributed by atoms with van der Waals surface area (Å²) >= 11 is 5.14. The minimum absolute atomic E-state index is 0.0863. The fourth-order valence-corrected chi connectivity index (χ4v) is 1.67. The molecule has 0 saturated carbocycles. The van der Waals surface area contributed by atoms with Crippen LogP contribution in [-0.4, -0.2) is 9.85 Å². The van der Waals surface area contributed by atoms with Crippen LogP contribution in [0.15, 0.2) is 12.1 Å². The largest absolute Gasteiger partial charge is 0.433 e. The van der Waals surface area contributed by atoms with Gasteiger partial charge < -0.3 is 0 Å². The minimum atomic E-state index is -4.41. The summed E-state index contributed by atoms with van der Waals surface area (Å²) in [7, 11) is 0. The number of hydrogen-bond donors (Lipinski definition) is 0. The first-order chi connectivity index (χ1) is 7.77. The Kier molecular flexibility index (Phi) is 4.25. The van der Waals surface area contributed by atoms with Crippen molar-refractivity contribution in [1.82, 2.24) is 4.98 Å². The fraction of sp³-hybridized carbons (Fsp3) is 0.500. The average molecular weight is 261 g/mol. The van der Waals surface area contributed by atoms with Crippen LogP contribution in [0.3, 0.4) is 0 Å². The van der Waals surface area contributed by atoms with Crippen LogP contribution in [0.25, 0.3) is 0 Å². The lowest BCUT2D eigenvalue weighted by Crippen LogP contribution is -2.13. The first kappa shape index (κ1) is 14.1. The number of rotatable bonds is 3. The van der Waals surface area contributed by atoms with Gasteiger partial charge in [0.15, 0.2) is 0 Å². The van der Waals surface area contributed by atoms with Gasteiger partial charge >= 0.3 is 6.18 Å². The number of thiocarbonyl (C=S) groups is 1. The molecule has 0 amide bonds. The third kappa shape index (κ3) is 3.25. The maximum atomic E-state index is 12.6. The van der Waals surface area contributed by atoms with Crippen molar-refractivity contribution in [2.45, 2.75) is 39.3 Å². The van der Waals surface area contributed by atoms with E-state index in [1.165, 1.54) is 6.07 Å². The van der Waals surface area contributed by atoms with Crippen molar-refractivity contribution >= 4 is 17.1 Å². The Balaban J connectivity index is 3.32. The summed E-state index contributed by atoms with van der Waals surface area (Å²) in [6.07, 6.45) is -3.78. The van der Waals surface area contributed by atoms with Crippen LogP contribution in [-0.2, 0) is 6.18 Å². The molecule has 1 aromatic rings. The molecule has 0 aliphatic heterocycles. The van der Waals surface area contributed by atoms with E-state index < -0.39 is 11.9 Å². The van der Waals surface area contributed by atoms with Gasteiger partial charge in [-0.15, -0.1) is 0 Å². The summed E-state index contributed by atoms with van der Waals surface area (Å²) in [5.41, 5.74) is 0.223. The van der Waals surface area contributed by atoms with Crippen LogP contribution in [0.5, 0.6) is 0 Å². The molecular weight excluding hydrogens is 247 g/mol. The van der Waals surface area contributed by atoms with Crippen molar-refractivity contribution in [3.8, 4) is 0 Å². The van der Waals surface area contributed by atoms with Crippen molar-refractivity contribution in [2.24, 2.45) is 0 Å². The molecule has 94 valence electrons. The van der Waals surface area contributed by atoms with Gasteiger partial charge in [-0.1, -0.05) is 33.0 Å². The molecule has 0 spiro atoms. The highest BCUT2D eigenvalue weighted by atomic mass is 32.1. The van der Waals surface area contributed by atoms with Gasteiger partial charge in [0.25, 0.3) is 0 Å². The molecule has 0 saturated heterocycles. The molecule has 0 atom stereocenters. The van der Waals surface area contributed by atoms with Crippen LogP contribution in [0.1, 0.15) is 50.1 Å². The van der Waals surface area contributed by atoms with Crippen molar-refractivity contribution in [1.29, 1.82) is 0 Å². The number of aromatic nitrogens is 1. The zero-order valence-corrected chi connectivity index (χ0v) is 10.7. The summed E-state index contributed by atoms with van der Waals surface area (Å²) in [6, 6.07) is 2.42. The Hall–Kier alpha value is -0.970. The van der Waals surface area contributed by atoms with Crippen LogP contribution in [0.2, 0.25) is 0 Å². The van der Waals surface area contributed by atoms with Crippen molar-refractivity contribution in [3.63, 3.8) is 0 Å².